The lowest BCUT2D eigenvalue weighted by molar-refractivity contribution is -0.155. The van der Waals surface area contributed by atoms with Gasteiger partial charge in [0.05, 0.1) is 25.9 Å². The highest BCUT2D eigenvalue weighted by molar-refractivity contribution is 5.77. The number of rotatable bonds is 5. The summed E-state index contributed by atoms with van der Waals surface area (Å²) in [5, 5.41) is 11.3. The number of fused-ring (bicyclic) bond motifs is 1. The van der Waals surface area contributed by atoms with Crippen LogP contribution in [0.5, 0.6) is 11.5 Å². The van der Waals surface area contributed by atoms with E-state index in [9.17, 15) is 9.90 Å². The Morgan fingerprint density at radius 2 is 2.08 bits per heavy atom. The van der Waals surface area contributed by atoms with Crippen LogP contribution in [0, 0.1) is 5.92 Å². The Morgan fingerprint density at radius 3 is 2.77 bits per heavy atom. The van der Waals surface area contributed by atoms with Crippen molar-refractivity contribution < 1.29 is 19.4 Å². The van der Waals surface area contributed by atoms with Crippen molar-refractivity contribution in [3.05, 3.63) is 23.8 Å². The first-order chi connectivity index (χ1) is 12.5. The number of carbonyl (C=O) groups is 1. The first-order valence-electron chi connectivity index (χ1n) is 9.78. The third-order valence-corrected chi connectivity index (χ3v) is 6.11. The molecule has 0 radical (unpaired) electrons. The summed E-state index contributed by atoms with van der Waals surface area (Å²) in [5.74, 6) is 1.67. The second kappa shape index (κ2) is 7.87. The molecule has 0 aromatic heterocycles. The lowest BCUT2D eigenvalue weighted by atomic mass is 9.66. The van der Waals surface area contributed by atoms with Gasteiger partial charge in [0.2, 0.25) is 5.91 Å². The van der Waals surface area contributed by atoms with Crippen LogP contribution in [-0.4, -0.2) is 42.3 Å². The molecule has 0 spiro atoms. The van der Waals surface area contributed by atoms with Crippen molar-refractivity contribution in [2.75, 3.05) is 20.8 Å². The average molecular weight is 361 g/mol. The summed E-state index contributed by atoms with van der Waals surface area (Å²) in [7, 11) is 3.28. The van der Waals surface area contributed by atoms with Crippen molar-refractivity contribution in [3.63, 3.8) is 0 Å². The maximum Gasteiger partial charge on any atom is 0.223 e. The molecule has 1 amide bonds. The molecular formula is C21H31NO4. The Labute approximate surface area is 156 Å². The highest BCUT2D eigenvalue weighted by Gasteiger charge is 2.50. The van der Waals surface area contributed by atoms with Crippen molar-refractivity contribution >= 4 is 5.91 Å². The van der Waals surface area contributed by atoms with E-state index in [0.29, 0.717) is 19.4 Å². The molecule has 1 N–H and O–H groups in total. The second-order valence-corrected chi connectivity index (χ2v) is 7.60. The summed E-state index contributed by atoms with van der Waals surface area (Å²) in [6.45, 7) is 2.63. The Morgan fingerprint density at radius 1 is 1.27 bits per heavy atom. The number of ether oxygens (including phenoxy) is 2. The topological polar surface area (TPSA) is 59.0 Å². The van der Waals surface area contributed by atoms with Gasteiger partial charge in [-0.25, -0.2) is 0 Å². The van der Waals surface area contributed by atoms with E-state index in [1.165, 1.54) is 0 Å². The molecule has 3 rings (SSSR count). The van der Waals surface area contributed by atoms with Gasteiger partial charge >= 0.3 is 0 Å². The van der Waals surface area contributed by atoms with Gasteiger partial charge in [-0.2, -0.15) is 0 Å². The highest BCUT2D eigenvalue weighted by atomic mass is 16.5. The summed E-state index contributed by atoms with van der Waals surface area (Å²) >= 11 is 0. The van der Waals surface area contributed by atoms with Crippen LogP contribution in [0.15, 0.2) is 18.2 Å². The Balaban J connectivity index is 2.05. The number of benzene rings is 1. The molecule has 1 saturated heterocycles. The van der Waals surface area contributed by atoms with Crippen LogP contribution in [0.3, 0.4) is 0 Å². The van der Waals surface area contributed by atoms with Crippen molar-refractivity contribution in [2.45, 2.75) is 63.5 Å². The van der Waals surface area contributed by atoms with Gasteiger partial charge in [-0.15, -0.1) is 0 Å². The van der Waals surface area contributed by atoms with Gasteiger partial charge in [0.15, 0.2) is 0 Å². The maximum atomic E-state index is 12.9. The number of likely N-dealkylation sites (tertiary alicyclic amines) is 1. The summed E-state index contributed by atoms with van der Waals surface area (Å²) in [6, 6.07) is 5.63. The monoisotopic (exact) mass is 361 g/mol. The van der Waals surface area contributed by atoms with Crippen molar-refractivity contribution in [1.82, 2.24) is 4.90 Å². The number of carbonyl (C=O) groups excluding carboxylic acids is 1. The Kier molecular flexibility index (Phi) is 5.76. The molecule has 2 fully saturated rings. The summed E-state index contributed by atoms with van der Waals surface area (Å²) in [4.78, 5) is 14.8. The maximum absolute atomic E-state index is 12.9. The van der Waals surface area contributed by atoms with Gasteiger partial charge in [0.1, 0.15) is 11.5 Å². The molecule has 5 nitrogen and oxygen atoms in total. The Hall–Kier alpha value is -1.75. The molecule has 1 saturated carbocycles. The van der Waals surface area contributed by atoms with Crippen LogP contribution in [0.1, 0.15) is 63.5 Å². The van der Waals surface area contributed by atoms with Crippen LogP contribution >= 0.6 is 0 Å². The molecule has 1 aromatic rings. The second-order valence-electron chi connectivity index (χ2n) is 7.60. The number of amides is 1. The lowest BCUT2D eigenvalue weighted by Gasteiger charge is -2.52. The Bertz CT molecular complexity index is 647. The number of nitrogens with zero attached hydrogens (tertiary/aromatic N) is 1. The van der Waals surface area contributed by atoms with Gasteiger partial charge in [0.25, 0.3) is 0 Å². The van der Waals surface area contributed by atoms with Gasteiger partial charge in [-0.3, -0.25) is 4.79 Å². The molecule has 3 atom stereocenters. The average Bonchev–Trinajstić information content (AvgIpc) is 2.66. The van der Waals surface area contributed by atoms with E-state index in [1.54, 1.807) is 14.2 Å². The molecule has 2 aliphatic rings. The van der Waals surface area contributed by atoms with Crippen molar-refractivity contribution in [3.8, 4) is 11.5 Å². The fourth-order valence-corrected chi connectivity index (χ4v) is 4.77. The molecule has 0 unspecified atom stereocenters. The fourth-order valence-electron chi connectivity index (χ4n) is 4.77. The molecule has 5 heteroatoms. The molecule has 1 aliphatic heterocycles. The van der Waals surface area contributed by atoms with Crippen molar-refractivity contribution in [1.29, 1.82) is 0 Å². The summed E-state index contributed by atoms with van der Waals surface area (Å²) in [6.07, 6.45) is 5.95. The first-order valence-corrected chi connectivity index (χ1v) is 9.78. The molecular weight excluding hydrogens is 330 g/mol. The normalized spacial score (nSPS) is 28.4. The lowest BCUT2D eigenvalue weighted by Crippen LogP contribution is -2.56. The zero-order valence-electron chi connectivity index (χ0n) is 16.2. The quantitative estimate of drug-likeness (QED) is 0.869. The van der Waals surface area contributed by atoms with E-state index >= 15 is 0 Å². The van der Waals surface area contributed by atoms with Crippen LogP contribution in [-0.2, 0) is 4.79 Å². The van der Waals surface area contributed by atoms with E-state index in [-0.39, 0.29) is 17.9 Å². The van der Waals surface area contributed by atoms with E-state index < -0.39 is 5.60 Å². The van der Waals surface area contributed by atoms with Crippen LogP contribution in [0.25, 0.3) is 0 Å². The number of methoxy groups -OCH3 is 2. The van der Waals surface area contributed by atoms with Crippen LogP contribution in [0.4, 0.5) is 0 Å². The van der Waals surface area contributed by atoms with Crippen LogP contribution in [0.2, 0.25) is 0 Å². The molecule has 1 aromatic carbocycles. The summed E-state index contributed by atoms with van der Waals surface area (Å²) in [5.41, 5.74) is 0.291. The minimum absolute atomic E-state index is 0.0492. The third-order valence-electron chi connectivity index (χ3n) is 6.11. The molecule has 1 aliphatic carbocycles. The zero-order chi connectivity index (χ0) is 18.7. The van der Waals surface area contributed by atoms with Gasteiger partial charge < -0.3 is 19.5 Å². The van der Waals surface area contributed by atoms with E-state index in [1.807, 2.05) is 30.0 Å². The predicted octanol–water partition coefficient (Wildman–Crippen LogP) is 3.70. The molecule has 26 heavy (non-hydrogen) atoms. The predicted molar refractivity (Wildman–Crippen MR) is 100 cm³/mol. The van der Waals surface area contributed by atoms with Crippen molar-refractivity contribution in [2.24, 2.45) is 5.92 Å². The van der Waals surface area contributed by atoms with Crippen LogP contribution < -0.4 is 9.47 Å². The number of hydrogen-bond donors (Lipinski definition) is 1. The SMILES string of the molecule is CCCC(=O)N1CC[C@@]2(O)CCCC[C@H]2[C@@H]1c1ccc(OC)cc1OC. The van der Waals surface area contributed by atoms with Gasteiger partial charge in [-0.05, 0) is 37.8 Å². The smallest absolute Gasteiger partial charge is 0.223 e. The molecule has 0 bridgehead atoms. The third kappa shape index (κ3) is 3.41. The fraction of sp³-hybridized carbons (Fsp3) is 0.667. The molecule has 1 heterocycles. The minimum Gasteiger partial charge on any atom is -0.497 e. The standard InChI is InChI=1S/C21H31NO4/c1-4-7-19(23)22-13-12-21(24)11-6-5-8-17(21)20(22)16-10-9-15(25-2)14-18(16)26-3/h9-10,14,17,20,24H,4-8,11-13H2,1-3H3/t17-,20-,21-/m0/s1. The van der Waals surface area contributed by atoms with E-state index in [0.717, 1.165) is 49.2 Å². The number of aliphatic hydroxyl groups is 1. The number of hydrogen-bond acceptors (Lipinski definition) is 4. The zero-order valence-corrected chi connectivity index (χ0v) is 16.2. The largest absolute Gasteiger partial charge is 0.497 e. The van der Waals surface area contributed by atoms with Gasteiger partial charge in [-0.1, -0.05) is 19.8 Å². The molecule has 144 valence electrons. The highest BCUT2D eigenvalue weighted by Crippen LogP contribution is 2.51. The number of piperidine rings is 1. The first kappa shape index (κ1) is 19.0. The van der Waals surface area contributed by atoms with Gasteiger partial charge in [0, 0.05) is 30.5 Å². The van der Waals surface area contributed by atoms with E-state index in [2.05, 4.69) is 0 Å². The minimum atomic E-state index is -0.684. The summed E-state index contributed by atoms with van der Waals surface area (Å²) < 4.78 is 11.0. The van der Waals surface area contributed by atoms with E-state index in [4.69, 9.17) is 9.47 Å².